The average molecular weight is 386 g/mol. The molecule has 0 saturated carbocycles. The minimum Gasteiger partial charge on any atom is -0.459 e. The molecule has 0 saturated heterocycles. The first-order chi connectivity index (χ1) is 12.3. The number of carbonyl (C=O) groups excluding carboxylic acids is 1. The Balaban J connectivity index is 2.31. The molecule has 0 fully saturated rings. The van der Waals surface area contributed by atoms with Crippen LogP contribution < -0.4 is 5.32 Å². The molecule has 26 heavy (non-hydrogen) atoms. The molecule has 0 amide bonds. The number of nitrogens with one attached hydrogen (secondary N) is 1. The van der Waals surface area contributed by atoms with E-state index in [1.807, 2.05) is 0 Å². The molecule has 140 valence electrons. The first kappa shape index (κ1) is 20.1. The van der Waals surface area contributed by atoms with Gasteiger partial charge in [0.1, 0.15) is 12.7 Å². The van der Waals surface area contributed by atoms with Crippen molar-refractivity contribution in [2.45, 2.75) is 19.5 Å². The quantitative estimate of drug-likeness (QED) is 0.631. The maximum absolute atomic E-state index is 13.1. The van der Waals surface area contributed by atoms with Crippen molar-refractivity contribution in [1.29, 1.82) is 0 Å². The number of halogens is 3. The molecule has 0 aliphatic heterocycles. The van der Waals surface area contributed by atoms with Crippen LogP contribution in [0.2, 0.25) is 5.02 Å². The number of aliphatic hydroxyl groups excluding tert-OH is 2. The molecule has 0 aromatic heterocycles. The number of alkyl halides is 2. The van der Waals surface area contributed by atoms with Crippen LogP contribution in [0.3, 0.4) is 0 Å². The van der Waals surface area contributed by atoms with Gasteiger partial charge in [0.2, 0.25) is 0 Å². The lowest BCUT2D eigenvalue weighted by Crippen LogP contribution is -2.22. The van der Waals surface area contributed by atoms with Gasteiger partial charge >= 0.3 is 5.97 Å². The molecule has 0 aliphatic rings. The van der Waals surface area contributed by atoms with Crippen LogP contribution in [-0.2, 0) is 4.74 Å². The van der Waals surface area contributed by atoms with E-state index in [1.165, 1.54) is 30.3 Å². The molecule has 2 aromatic rings. The Morgan fingerprint density at radius 2 is 2.00 bits per heavy atom. The molecule has 3 N–H and O–H groups in total. The van der Waals surface area contributed by atoms with E-state index in [0.29, 0.717) is 16.9 Å². The lowest BCUT2D eigenvalue weighted by Gasteiger charge is -2.16. The third-order valence-electron chi connectivity index (χ3n) is 3.70. The molecule has 1 atom stereocenters. The van der Waals surface area contributed by atoms with Gasteiger partial charge in [-0.2, -0.15) is 0 Å². The van der Waals surface area contributed by atoms with Crippen LogP contribution in [-0.4, -0.2) is 35.5 Å². The molecular weight excluding hydrogens is 368 g/mol. The third kappa shape index (κ3) is 4.91. The number of hydrogen-bond donors (Lipinski definition) is 3. The van der Waals surface area contributed by atoms with Crippen molar-refractivity contribution in [3.05, 3.63) is 58.1 Å². The molecule has 0 aliphatic carbocycles. The summed E-state index contributed by atoms with van der Waals surface area (Å²) in [5, 5.41) is 21.3. The number of carbonyl (C=O) groups is 1. The van der Waals surface area contributed by atoms with Gasteiger partial charge in [0.05, 0.1) is 17.9 Å². The number of esters is 1. The van der Waals surface area contributed by atoms with E-state index in [2.05, 4.69) is 5.32 Å². The highest BCUT2D eigenvalue weighted by Gasteiger charge is 2.18. The second-order valence-electron chi connectivity index (χ2n) is 5.57. The standard InChI is InChI=1S/C18H18ClF2NO4/c1-10-13(17(20)21)3-2-4-15(10)22-16-6-5-11(19)7-14(16)18(25)26-9-12(24)8-23/h2-7,12,17,22-24H,8-9H2,1H3. The smallest absolute Gasteiger partial charge is 0.340 e. The third-order valence-corrected chi connectivity index (χ3v) is 3.93. The predicted octanol–water partition coefficient (Wildman–Crippen LogP) is 3.84. The van der Waals surface area contributed by atoms with Gasteiger partial charge in [-0.1, -0.05) is 23.7 Å². The molecular formula is C18H18ClF2NO4. The molecule has 0 radical (unpaired) electrons. The van der Waals surface area contributed by atoms with Crippen LogP contribution >= 0.6 is 11.6 Å². The van der Waals surface area contributed by atoms with Gasteiger partial charge in [0, 0.05) is 16.3 Å². The first-order valence-corrected chi connectivity index (χ1v) is 8.11. The molecule has 2 rings (SSSR count). The van der Waals surface area contributed by atoms with E-state index < -0.39 is 25.1 Å². The van der Waals surface area contributed by atoms with E-state index >= 15 is 0 Å². The summed E-state index contributed by atoms with van der Waals surface area (Å²) in [4.78, 5) is 12.3. The normalized spacial score (nSPS) is 12.1. The molecule has 0 bridgehead atoms. The van der Waals surface area contributed by atoms with Crippen molar-refractivity contribution in [2.75, 3.05) is 18.5 Å². The maximum Gasteiger partial charge on any atom is 0.340 e. The highest BCUT2D eigenvalue weighted by Crippen LogP contribution is 2.31. The number of rotatable bonds is 7. The van der Waals surface area contributed by atoms with Gasteiger partial charge in [-0.15, -0.1) is 0 Å². The highest BCUT2D eigenvalue weighted by atomic mass is 35.5. The van der Waals surface area contributed by atoms with Crippen LogP contribution in [0.4, 0.5) is 20.2 Å². The summed E-state index contributed by atoms with van der Waals surface area (Å²) in [6.45, 7) is 0.615. The van der Waals surface area contributed by atoms with Crippen LogP contribution in [0, 0.1) is 6.92 Å². The van der Waals surface area contributed by atoms with Crippen molar-refractivity contribution in [3.63, 3.8) is 0 Å². The zero-order chi connectivity index (χ0) is 19.3. The van der Waals surface area contributed by atoms with E-state index in [4.69, 9.17) is 21.4 Å². The Morgan fingerprint density at radius 1 is 1.27 bits per heavy atom. The van der Waals surface area contributed by atoms with Crippen molar-refractivity contribution in [3.8, 4) is 0 Å². The molecule has 5 nitrogen and oxygen atoms in total. The van der Waals surface area contributed by atoms with Gasteiger partial charge in [-0.05, 0) is 36.8 Å². The zero-order valence-electron chi connectivity index (χ0n) is 13.9. The highest BCUT2D eigenvalue weighted by molar-refractivity contribution is 6.31. The van der Waals surface area contributed by atoms with Gasteiger partial charge in [0.15, 0.2) is 0 Å². The number of anilines is 2. The van der Waals surface area contributed by atoms with Crippen LogP contribution in [0.5, 0.6) is 0 Å². The topological polar surface area (TPSA) is 78.8 Å². The summed E-state index contributed by atoms with van der Waals surface area (Å²) in [5.41, 5.74) is 1.04. The van der Waals surface area contributed by atoms with E-state index in [9.17, 15) is 18.7 Å². The molecule has 1 unspecified atom stereocenters. The van der Waals surface area contributed by atoms with Crippen LogP contribution in [0.1, 0.15) is 27.9 Å². The molecule has 0 heterocycles. The fraction of sp³-hybridized carbons (Fsp3) is 0.278. The van der Waals surface area contributed by atoms with Gasteiger partial charge in [0.25, 0.3) is 6.43 Å². The second-order valence-corrected chi connectivity index (χ2v) is 6.01. The Morgan fingerprint density at radius 3 is 2.65 bits per heavy atom. The van der Waals surface area contributed by atoms with Crippen LogP contribution in [0.15, 0.2) is 36.4 Å². The molecule has 0 spiro atoms. The maximum atomic E-state index is 13.1. The van der Waals surface area contributed by atoms with Gasteiger partial charge in [-0.25, -0.2) is 13.6 Å². The number of benzene rings is 2. The second kappa shape index (κ2) is 8.93. The zero-order valence-corrected chi connectivity index (χ0v) is 14.6. The fourth-order valence-corrected chi connectivity index (χ4v) is 2.44. The number of ether oxygens (including phenoxy) is 1. The summed E-state index contributed by atoms with van der Waals surface area (Å²) in [5.74, 6) is -0.773. The van der Waals surface area contributed by atoms with E-state index in [-0.39, 0.29) is 22.8 Å². The Kier molecular flexibility index (Phi) is 6.90. The summed E-state index contributed by atoms with van der Waals surface area (Å²) in [6.07, 6.45) is -3.81. The molecule has 2 aromatic carbocycles. The first-order valence-electron chi connectivity index (χ1n) is 7.73. The Bertz CT molecular complexity index is 786. The van der Waals surface area contributed by atoms with Gasteiger partial charge < -0.3 is 20.3 Å². The van der Waals surface area contributed by atoms with E-state index in [1.54, 1.807) is 13.0 Å². The van der Waals surface area contributed by atoms with Crippen molar-refractivity contribution in [1.82, 2.24) is 0 Å². The predicted molar refractivity (Wildman–Crippen MR) is 94.2 cm³/mol. The molecule has 8 heteroatoms. The number of hydrogen-bond acceptors (Lipinski definition) is 5. The lowest BCUT2D eigenvalue weighted by atomic mass is 10.1. The fourth-order valence-electron chi connectivity index (χ4n) is 2.27. The summed E-state index contributed by atoms with van der Waals surface area (Å²) < 4.78 is 31.0. The SMILES string of the molecule is Cc1c(Nc2ccc(Cl)cc2C(=O)OCC(O)CO)cccc1C(F)F. The Labute approximate surface area is 154 Å². The van der Waals surface area contributed by atoms with E-state index in [0.717, 1.165) is 0 Å². The minimum atomic E-state index is -2.62. The number of aliphatic hydroxyl groups is 2. The minimum absolute atomic E-state index is 0.0736. The summed E-state index contributed by atoms with van der Waals surface area (Å²) in [7, 11) is 0. The summed E-state index contributed by atoms with van der Waals surface area (Å²) >= 11 is 5.93. The van der Waals surface area contributed by atoms with Crippen molar-refractivity contribution >= 4 is 28.9 Å². The van der Waals surface area contributed by atoms with Crippen molar-refractivity contribution in [2.24, 2.45) is 0 Å². The average Bonchev–Trinajstić information content (AvgIpc) is 2.62. The van der Waals surface area contributed by atoms with Gasteiger partial charge in [-0.3, -0.25) is 0 Å². The Hall–Kier alpha value is -2.22. The lowest BCUT2D eigenvalue weighted by molar-refractivity contribution is 0.00941. The van der Waals surface area contributed by atoms with Crippen molar-refractivity contribution < 1.29 is 28.5 Å². The monoisotopic (exact) mass is 385 g/mol. The largest absolute Gasteiger partial charge is 0.459 e. The van der Waals surface area contributed by atoms with Crippen LogP contribution in [0.25, 0.3) is 0 Å². The summed E-state index contributed by atoms with van der Waals surface area (Å²) in [6, 6.07) is 8.86.